The van der Waals surface area contributed by atoms with Gasteiger partial charge in [0.2, 0.25) is 0 Å². The molecule has 0 rings (SSSR count). The van der Waals surface area contributed by atoms with Crippen molar-refractivity contribution in [2.24, 2.45) is 5.73 Å². The number of aliphatic carboxylic acids is 1. The fourth-order valence-corrected chi connectivity index (χ4v) is 0.796. The number of nitrogens with zero attached hydrogens (tertiary/aromatic N) is 1. The molecule has 84 valence electrons. The standard InChI is InChI=1S/C6H10F4N2O2/c7-5(8)12(10)6(9,4(13)14)2-1-3-11/h5H,1-3,11H2,(H,13,14)/t6-/m0/s1. The number of alkyl halides is 3. The van der Waals surface area contributed by atoms with E-state index in [0.717, 1.165) is 0 Å². The lowest BCUT2D eigenvalue weighted by molar-refractivity contribution is -0.257. The van der Waals surface area contributed by atoms with Crippen molar-refractivity contribution < 1.29 is 27.6 Å². The van der Waals surface area contributed by atoms with Crippen molar-refractivity contribution >= 4 is 5.97 Å². The van der Waals surface area contributed by atoms with E-state index in [9.17, 15) is 22.4 Å². The van der Waals surface area contributed by atoms with Crippen molar-refractivity contribution in [3.8, 4) is 0 Å². The van der Waals surface area contributed by atoms with Crippen LogP contribution in [-0.2, 0) is 4.79 Å². The monoisotopic (exact) mass is 218 g/mol. The Morgan fingerprint density at radius 3 is 2.36 bits per heavy atom. The van der Waals surface area contributed by atoms with Crippen molar-refractivity contribution in [3.63, 3.8) is 0 Å². The van der Waals surface area contributed by atoms with Gasteiger partial charge in [0.15, 0.2) is 0 Å². The summed E-state index contributed by atoms with van der Waals surface area (Å²) in [5.41, 5.74) is 4.92. The lowest BCUT2D eigenvalue weighted by Gasteiger charge is -2.25. The molecule has 0 saturated carbocycles. The second-order valence-corrected chi connectivity index (χ2v) is 2.55. The van der Waals surface area contributed by atoms with E-state index in [1.54, 1.807) is 0 Å². The summed E-state index contributed by atoms with van der Waals surface area (Å²) in [6, 6.07) is 0. The molecule has 0 aliphatic carbocycles. The maximum Gasteiger partial charge on any atom is 0.359 e. The van der Waals surface area contributed by atoms with Crippen LogP contribution in [0.1, 0.15) is 12.8 Å². The Morgan fingerprint density at radius 1 is 1.57 bits per heavy atom. The summed E-state index contributed by atoms with van der Waals surface area (Å²) in [7, 11) is 0. The summed E-state index contributed by atoms with van der Waals surface area (Å²) in [5.74, 6) is -6.01. The van der Waals surface area contributed by atoms with Gasteiger partial charge in [-0.25, -0.2) is 9.18 Å². The third-order valence-electron chi connectivity index (χ3n) is 1.55. The van der Waals surface area contributed by atoms with Crippen LogP contribution in [0.5, 0.6) is 0 Å². The zero-order chi connectivity index (χ0) is 11.4. The number of hydrogen-bond donors (Lipinski definition) is 2. The first kappa shape index (κ1) is 13.1. The minimum absolute atomic E-state index is 0.115. The van der Waals surface area contributed by atoms with E-state index in [1.807, 2.05) is 0 Å². The number of rotatable bonds is 6. The molecule has 1 atom stereocenters. The van der Waals surface area contributed by atoms with Crippen molar-refractivity contribution in [3.05, 3.63) is 0 Å². The van der Waals surface area contributed by atoms with E-state index in [0.29, 0.717) is 0 Å². The first-order valence-electron chi connectivity index (χ1n) is 3.72. The Hall–Kier alpha value is -0.890. The van der Waals surface area contributed by atoms with E-state index < -0.39 is 29.9 Å². The molecule has 0 heterocycles. The van der Waals surface area contributed by atoms with Crippen LogP contribution in [0.25, 0.3) is 0 Å². The van der Waals surface area contributed by atoms with E-state index in [2.05, 4.69) is 0 Å². The van der Waals surface area contributed by atoms with Gasteiger partial charge in [0.05, 0.1) is 0 Å². The number of carboxylic acid groups (broad SMARTS) is 1. The molecular weight excluding hydrogens is 208 g/mol. The minimum atomic E-state index is -3.83. The number of nitrogens with two attached hydrogens (primary N) is 1. The summed E-state index contributed by atoms with van der Waals surface area (Å²) < 4.78 is 49.1. The van der Waals surface area contributed by atoms with Crippen molar-refractivity contribution in [1.82, 2.24) is 5.12 Å². The smallest absolute Gasteiger partial charge is 0.359 e. The van der Waals surface area contributed by atoms with Gasteiger partial charge in [0.25, 0.3) is 5.79 Å². The third kappa shape index (κ3) is 2.81. The summed E-state index contributed by atoms with van der Waals surface area (Å²) >= 11 is 0. The van der Waals surface area contributed by atoms with Gasteiger partial charge in [-0.2, -0.15) is 8.78 Å². The molecule has 0 radical (unpaired) electrons. The van der Waals surface area contributed by atoms with E-state index >= 15 is 0 Å². The van der Waals surface area contributed by atoms with Crippen LogP contribution in [0.2, 0.25) is 0 Å². The maximum atomic E-state index is 13.2. The summed E-state index contributed by atoms with van der Waals surface area (Å²) in [4.78, 5) is 10.2. The topological polar surface area (TPSA) is 66.6 Å². The zero-order valence-electron chi connectivity index (χ0n) is 7.09. The Kier molecular flexibility index (Phi) is 4.78. The van der Waals surface area contributed by atoms with Crippen molar-refractivity contribution in [2.45, 2.75) is 25.2 Å². The molecule has 0 fully saturated rings. The van der Waals surface area contributed by atoms with Crippen LogP contribution < -0.4 is 5.73 Å². The van der Waals surface area contributed by atoms with Crippen LogP contribution in [0, 0.1) is 0 Å². The molecule has 8 heteroatoms. The average Bonchev–Trinajstić information content (AvgIpc) is 2.12. The lowest BCUT2D eigenvalue weighted by atomic mass is 10.1. The van der Waals surface area contributed by atoms with E-state index in [4.69, 9.17) is 10.8 Å². The van der Waals surface area contributed by atoms with E-state index in [1.165, 1.54) is 0 Å². The maximum absolute atomic E-state index is 13.2. The van der Waals surface area contributed by atoms with Crippen LogP contribution in [-0.4, -0.2) is 35.1 Å². The normalized spacial score (nSPS) is 15.9. The fraction of sp³-hybridized carbons (Fsp3) is 0.833. The Labute approximate surface area is 77.2 Å². The minimum Gasteiger partial charge on any atom is -0.478 e. The third-order valence-corrected chi connectivity index (χ3v) is 1.55. The first-order chi connectivity index (χ1) is 6.36. The summed E-state index contributed by atoms with van der Waals surface area (Å²) in [6.07, 6.45) is -1.14. The SMILES string of the molecule is NCCC[C@@](F)(C(=O)O)N(F)C(F)F. The molecule has 3 N–H and O–H groups in total. The molecule has 0 unspecified atom stereocenters. The quantitative estimate of drug-likeness (QED) is 0.394. The Morgan fingerprint density at radius 2 is 2.07 bits per heavy atom. The van der Waals surface area contributed by atoms with Gasteiger partial charge in [-0.3, -0.25) is 0 Å². The number of carboxylic acids is 1. The molecule has 0 amide bonds. The summed E-state index contributed by atoms with van der Waals surface area (Å²) in [5, 5.41) is 6.63. The second kappa shape index (κ2) is 5.11. The highest BCUT2D eigenvalue weighted by Gasteiger charge is 2.49. The molecule has 0 aromatic heterocycles. The second-order valence-electron chi connectivity index (χ2n) is 2.55. The van der Waals surface area contributed by atoms with E-state index in [-0.39, 0.29) is 13.0 Å². The molecule has 0 aromatic carbocycles. The van der Waals surface area contributed by atoms with Crippen molar-refractivity contribution in [2.75, 3.05) is 6.54 Å². The number of carbonyl (C=O) groups is 1. The molecular formula is C6H10F4N2O2. The lowest BCUT2D eigenvalue weighted by Crippen LogP contribution is -2.49. The Bertz CT molecular complexity index is 204. The zero-order valence-corrected chi connectivity index (χ0v) is 7.09. The molecule has 0 bridgehead atoms. The Balaban J connectivity index is 4.62. The van der Waals surface area contributed by atoms with Gasteiger partial charge < -0.3 is 10.8 Å². The summed E-state index contributed by atoms with van der Waals surface area (Å²) in [6.45, 7) is -3.94. The fourth-order valence-electron chi connectivity index (χ4n) is 0.796. The van der Waals surface area contributed by atoms with Crippen LogP contribution in [0.3, 0.4) is 0 Å². The van der Waals surface area contributed by atoms with Crippen LogP contribution in [0.15, 0.2) is 0 Å². The highest BCUT2D eigenvalue weighted by Crippen LogP contribution is 2.27. The van der Waals surface area contributed by atoms with Crippen LogP contribution in [0.4, 0.5) is 17.7 Å². The van der Waals surface area contributed by atoms with Gasteiger partial charge in [-0.05, 0) is 18.1 Å². The molecule has 0 saturated heterocycles. The van der Waals surface area contributed by atoms with Gasteiger partial charge in [-0.1, -0.05) is 0 Å². The average molecular weight is 218 g/mol. The highest BCUT2D eigenvalue weighted by molar-refractivity contribution is 5.76. The first-order valence-corrected chi connectivity index (χ1v) is 3.72. The molecule has 0 aliphatic rings. The number of halogens is 4. The van der Waals surface area contributed by atoms with Gasteiger partial charge >= 0.3 is 12.5 Å². The molecule has 14 heavy (non-hydrogen) atoms. The van der Waals surface area contributed by atoms with Crippen molar-refractivity contribution in [1.29, 1.82) is 0 Å². The van der Waals surface area contributed by atoms with Gasteiger partial charge in [0, 0.05) is 6.42 Å². The van der Waals surface area contributed by atoms with Crippen LogP contribution >= 0.6 is 0 Å². The molecule has 0 aliphatic heterocycles. The highest BCUT2D eigenvalue weighted by atomic mass is 19.3. The molecule has 0 aromatic rings. The number of hydrogen-bond acceptors (Lipinski definition) is 3. The predicted molar refractivity (Wildman–Crippen MR) is 38.7 cm³/mol. The molecule has 0 spiro atoms. The van der Waals surface area contributed by atoms with Gasteiger partial charge in [0.1, 0.15) is 0 Å². The van der Waals surface area contributed by atoms with Gasteiger partial charge in [-0.15, -0.1) is 4.48 Å². The molecule has 4 nitrogen and oxygen atoms in total. The largest absolute Gasteiger partial charge is 0.478 e. The predicted octanol–water partition coefficient (Wildman–Crippen LogP) is 0.885.